The predicted octanol–water partition coefficient (Wildman–Crippen LogP) is 6.84. The molecule has 1 aliphatic rings. The summed E-state index contributed by atoms with van der Waals surface area (Å²) in [5.74, 6) is 0.387. The Morgan fingerprint density at radius 1 is 1.11 bits per heavy atom. The first-order chi connectivity index (χ1) is 17.1. The lowest BCUT2D eigenvalue weighted by Gasteiger charge is -2.41. The van der Waals surface area contributed by atoms with Crippen LogP contribution in [0.3, 0.4) is 0 Å². The van der Waals surface area contributed by atoms with Gasteiger partial charge in [-0.15, -0.1) is 21.5 Å². The van der Waals surface area contributed by atoms with E-state index in [4.69, 9.17) is 4.74 Å². The first kappa shape index (κ1) is 23.8. The van der Waals surface area contributed by atoms with Crippen LogP contribution in [0.4, 0.5) is 4.39 Å². The molecule has 0 radical (unpaired) electrons. The van der Waals surface area contributed by atoms with Gasteiger partial charge >= 0.3 is 0 Å². The second-order valence-corrected chi connectivity index (χ2v) is 10.2. The molecule has 8 heteroatoms. The second kappa shape index (κ2) is 10.3. The Morgan fingerprint density at radius 2 is 1.97 bits per heavy atom. The van der Waals surface area contributed by atoms with Gasteiger partial charge in [0.15, 0.2) is 0 Å². The molecule has 35 heavy (non-hydrogen) atoms. The topological polar surface area (TPSA) is 76.6 Å². The van der Waals surface area contributed by atoms with Gasteiger partial charge in [-0.3, -0.25) is 4.98 Å². The number of hydrogen-bond acceptors (Lipinski definition) is 6. The van der Waals surface area contributed by atoms with Crippen molar-refractivity contribution in [1.29, 1.82) is 0 Å². The summed E-state index contributed by atoms with van der Waals surface area (Å²) < 4.78 is 21.2. The van der Waals surface area contributed by atoms with E-state index in [2.05, 4.69) is 57.7 Å². The van der Waals surface area contributed by atoms with Crippen molar-refractivity contribution < 1.29 is 9.13 Å². The van der Waals surface area contributed by atoms with Gasteiger partial charge in [0.25, 0.3) is 0 Å². The van der Waals surface area contributed by atoms with E-state index in [0.717, 1.165) is 28.7 Å². The normalized spacial score (nSPS) is 16.3. The summed E-state index contributed by atoms with van der Waals surface area (Å²) in [4.78, 5) is 5.61. The molecule has 0 aliphatic heterocycles. The molecule has 4 aromatic rings. The Morgan fingerprint density at radius 3 is 2.66 bits per heavy atom. The molecule has 0 bridgehead atoms. The number of nitrogens with one attached hydrogen (secondary N) is 1. The molecule has 1 fully saturated rings. The third-order valence-corrected chi connectivity index (χ3v) is 8.22. The molecule has 0 amide bonds. The Balaban J connectivity index is 1.39. The molecule has 0 spiro atoms. The van der Waals surface area contributed by atoms with Crippen molar-refractivity contribution in [3.63, 3.8) is 0 Å². The van der Waals surface area contributed by atoms with Crippen LogP contribution in [-0.4, -0.2) is 25.6 Å². The maximum atomic E-state index is 14.4. The van der Waals surface area contributed by atoms with Crippen LogP contribution >= 0.6 is 11.3 Å². The van der Waals surface area contributed by atoms with E-state index in [9.17, 15) is 4.39 Å². The van der Waals surface area contributed by atoms with Gasteiger partial charge in [-0.2, -0.15) is 5.21 Å². The van der Waals surface area contributed by atoms with Gasteiger partial charge in [0.2, 0.25) is 5.82 Å². The van der Waals surface area contributed by atoms with E-state index in [0.29, 0.717) is 18.1 Å². The van der Waals surface area contributed by atoms with Crippen molar-refractivity contribution in [3.8, 4) is 22.5 Å². The summed E-state index contributed by atoms with van der Waals surface area (Å²) in [7, 11) is 0. The monoisotopic (exact) mass is 491 g/mol. The minimum Gasteiger partial charge on any atom is -0.364 e. The molecular weight excluding hydrogens is 461 g/mol. The van der Waals surface area contributed by atoms with Crippen LogP contribution in [-0.2, 0) is 16.9 Å². The summed E-state index contributed by atoms with van der Waals surface area (Å²) in [6.07, 6.45) is 9.20. The van der Waals surface area contributed by atoms with E-state index in [1.165, 1.54) is 43.0 Å². The molecule has 1 N–H and O–H groups in total. The van der Waals surface area contributed by atoms with Crippen LogP contribution in [0, 0.1) is 18.7 Å². The summed E-state index contributed by atoms with van der Waals surface area (Å²) in [5, 5.41) is 13.8. The first-order valence-corrected chi connectivity index (χ1v) is 13.1. The third kappa shape index (κ3) is 4.77. The molecule has 1 saturated carbocycles. The molecule has 2 aromatic carbocycles. The number of rotatable bonds is 8. The van der Waals surface area contributed by atoms with Gasteiger partial charge in [0.05, 0.1) is 22.6 Å². The van der Waals surface area contributed by atoms with Crippen molar-refractivity contribution in [2.75, 3.05) is 0 Å². The number of halogens is 1. The number of tetrazole rings is 1. The smallest absolute Gasteiger partial charge is 0.207 e. The lowest BCUT2D eigenvalue weighted by atomic mass is 9.74. The molecule has 6 nitrogen and oxygen atoms in total. The summed E-state index contributed by atoms with van der Waals surface area (Å²) >= 11 is 1.70. The fourth-order valence-corrected chi connectivity index (χ4v) is 6.37. The quantitative estimate of drug-likeness (QED) is 0.292. The van der Waals surface area contributed by atoms with Gasteiger partial charge in [-0.05, 0) is 71.7 Å². The lowest BCUT2D eigenvalue weighted by molar-refractivity contribution is -0.113. The number of nitrogens with zero attached hydrogens (tertiary/aromatic N) is 4. The average molecular weight is 492 g/mol. The number of aryl methyl sites for hydroxylation is 1. The van der Waals surface area contributed by atoms with Crippen LogP contribution < -0.4 is 0 Å². The Kier molecular flexibility index (Phi) is 7.02. The third-order valence-electron chi connectivity index (χ3n) is 7.29. The van der Waals surface area contributed by atoms with Gasteiger partial charge in [0, 0.05) is 6.20 Å². The van der Waals surface area contributed by atoms with E-state index < -0.39 is 0 Å². The van der Waals surface area contributed by atoms with Crippen LogP contribution in [0.25, 0.3) is 22.5 Å². The standard InChI is InChI=1S/C27H30FN5OS/c1-3-27(25-15-29-17-35-25,21-7-5-4-6-8-21)34-16-19-9-11-22(18(2)13-19)20-10-12-24(28)23(14-20)26-30-32-33-31-26/h9-15,17,21H,3-8,16H2,1-2H3,(H,30,31,32,33). The Labute approximate surface area is 209 Å². The largest absolute Gasteiger partial charge is 0.364 e. The minimum atomic E-state index is -0.375. The highest BCUT2D eigenvalue weighted by molar-refractivity contribution is 7.09. The zero-order valence-electron chi connectivity index (χ0n) is 20.1. The van der Waals surface area contributed by atoms with Gasteiger partial charge in [0.1, 0.15) is 11.4 Å². The minimum absolute atomic E-state index is 0.244. The molecule has 1 aliphatic carbocycles. The van der Waals surface area contributed by atoms with Crippen LogP contribution in [0.1, 0.15) is 61.5 Å². The van der Waals surface area contributed by atoms with Crippen molar-refractivity contribution in [2.24, 2.45) is 5.92 Å². The summed E-state index contributed by atoms with van der Waals surface area (Å²) in [6, 6.07) is 11.4. The summed E-state index contributed by atoms with van der Waals surface area (Å²) in [6.45, 7) is 4.85. The predicted molar refractivity (Wildman–Crippen MR) is 135 cm³/mol. The molecule has 2 heterocycles. The molecular formula is C27H30FN5OS. The molecule has 2 aromatic heterocycles. The summed E-state index contributed by atoms with van der Waals surface area (Å²) in [5.41, 5.74) is 6.13. The van der Waals surface area contributed by atoms with E-state index >= 15 is 0 Å². The number of hydrogen-bond donors (Lipinski definition) is 1. The molecule has 182 valence electrons. The Bertz CT molecular complexity index is 1250. The lowest BCUT2D eigenvalue weighted by Crippen LogP contribution is -2.38. The second-order valence-electron chi connectivity index (χ2n) is 9.31. The molecule has 1 atom stereocenters. The number of benzene rings is 2. The number of aromatic nitrogens is 5. The fourth-order valence-electron chi connectivity index (χ4n) is 5.44. The van der Waals surface area contributed by atoms with Gasteiger partial charge < -0.3 is 4.74 Å². The van der Waals surface area contributed by atoms with Crippen molar-refractivity contribution in [3.05, 3.63) is 69.9 Å². The number of ether oxygens (including phenoxy) is 1. The molecule has 1 unspecified atom stereocenters. The Hall–Kier alpha value is -2.97. The van der Waals surface area contributed by atoms with E-state index in [1.807, 2.05) is 11.7 Å². The average Bonchev–Trinajstić information content (AvgIpc) is 3.61. The maximum Gasteiger partial charge on any atom is 0.207 e. The van der Waals surface area contributed by atoms with Crippen LogP contribution in [0.2, 0.25) is 0 Å². The molecule has 5 rings (SSSR count). The number of H-pyrrole nitrogens is 1. The van der Waals surface area contributed by atoms with E-state index in [-0.39, 0.29) is 17.2 Å². The zero-order chi connectivity index (χ0) is 24.3. The van der Waals surface area contributed by atoms with Gasteiger partial charge in [-0.25, -0.2) is 4.39 Å². The first-order valence-electron chi connectivity index (χ1n) is 12.3. The highest BCUT2D eigenvalue weighted by Gasteiger charge is 2.41. The molecule has 0 saturated heterocycles. The highest BCUT2D eigenvalue weighted by atomic mass is 32.1. The van der Waals surface area contributed by atoms with Crippen LogP contribution in [0.15, 0.2) is 48.1 Å². The fraction of sp³-hybridized carbons (Fsp3) is 0.407. The van der Waals surface area contributed by atoms with E-state index in [1.54, 1.807) is 23.5 Å². The SMILES string of the molecule is CCC(OCc1ccc(-c2ccc(F)c(-c3nn[nH]n3)c2)c(C)c1)(c1cncs1)C1CCCCC1. The highest BCUT2D eigenvalue weighted by Crippen LogP contribution is 2.46. The van der Waals surface area contributed by atoms with Crippen molar-refractivity contribution in [2.45, 2.75) is 64.6 Å². The number of thiazole rings is 1. The number of aromatic amines is 1. The van der Waals surface area contributed by atoms with Gasteiger partial charge in [-0.1, -0.05) is 50.5 Å². The van der Waals surface area contributed by atoms with Crippen molar-refractivity contribution in [1.82, 2.24) is 25.6 Å². The zero-order valence-corrected chi connectivity index (χ0v) is 20.9. The van der Waals surface area contributed by atoms with Crippen LogP contribution in [0.5, 0.6) is 0 Å². The maximum absolute atomic E-state index is 14.4. The van der Waals surface area contributed by atoms with Crippen molar-refractivity contribution >= 4 is 11.3 Å².